The number of H-pyrrole nitrogens is 1. The molecule has 0 atom stereocenters. The lowest BCUT2D eigenvalue weighted by Gasteiger charge is -2.01. The number of hydrogen-bond acceptors (Lipinski definition) is 4. The van der Waals surface area contributed by atoms with Crippen LogP contribution in [0.3, 0.4) is 0 Å². The van der Waals surface area contributed by atoms with Crippen molar-refractivity contribution in [2.24, 2.45) is 0 Å². The first kappa shape index (κ1) is 12.8. The highest BCUT2D eigenvalue weighted by Gasteiger charge is 2.11. The molecule has 100 valence electrons. The lowest BCUT2D eigenvalue weighted by molar-refractivity contribution is 0.0702. The van der Waals surface area contributed by atoms with E-state index in [2.05, 4.69) is 9.97 Å². The van der Waals surface area contributed by atoms with Crippen molar-refractivity contribution >= 4 is 39.8 Å². The molecule has 0 bridgehead atoms. The molecular weight excluding hydrogens is 300 g/mol. The zero-order chi connectivity index (χ0) is 14.3. The Labute approximate surface area is 121 Å². The second kappa shape index (κ2) is 4.73. The quantitative estimate of drug-likeness (QED) is 0.762. The average molecular weight is 307 g/mol. The van der Waals surface area contributed by atoms with E-state index in [1.807, 2.05) is 0 Å². The third kappa shape index (κ3) is 2.19. The summed E-state index contributed by atoms with van der Waals surface area (Å²) in [6.45, 7) is 0. The predicted octanol–water partition coefficient (Wildman–Crippen LogP) is 3.00. The molecule has 0 saturated heterocycles. The van der Waals surface area contributed by atoms with Gasteiger partial charge in [-0.05, 0) is 30.3 Å². The molecule has 5 nitrogen and oxygen atoms in total. The summed E-state index contributed by atoms with van der Waals surface area (Å²) in [5.74, 6) is -0.654. The SMILES string of the molecule is O=C(O)c1ccc(-c2nc3ccc(Cl)cc3c(=O)[nH]2)s1. The van der Waals surface area contributed by atoms with Crippen LogP contribution in [0.25, 0.3) is 21.6 Å². The van der Waals surface area contributed by atoms with E-state index in [4.69, 9.17) is 16.7 Å². The molecule has 3 aromatic rings. The maximum Gasteiger partial charge on any atom is 0.345 e. The van der Waals surface area contributed by atoms with Gasteiger partial charge in [0.15, 0.2) is 5.82 Å². The van der Waals surface area contributed by atoms with E-state index < -0.39 is 5.97 Å². The van der Waals surface area contributed by atoms with Gasteiger partial charge in [-0.1, -0.05) is 11.6 Å². The molecule has 2 N–H and O–H groups in total. The van der Waals surface area contributed by atoms with Crippen molar-refractivity contribution in [2.75, 3.05) is 0 Å². The number of halogens is 1. The molecule has 0 aliphatic heterocycles. The fraction of sp³-hybridized carbons (Fsp3) is 0. The van der Waals surface area contributed by atoms with Gasteiger partial charge < -0.3 is 10.1 Å². The van der Waals surface area contributed by atoms with Crippen molar-refractivity contribution in [3.8, 4) is 10.7 Å². The third-order valence-electron chi connectivity index (χ3n) is 2.72. The van der Waals surface area contributed by atoms with Gasteiger partial charge in [0, 0.05) is 5.02 Å². The van der Waals surface area contributed by atoms with E-state index in [0.29, 0.717) is 26.6 Å². The highest BCUT2D eigenvalue weighted by Crippen LogP contribution is 2.26. The summed E-state index contributed by atoms with van der Waals surface area (Å²) in [6, 6.07) is 7.95. The summed E-state index contributed by atoms with van der Waals surface area (Å²) >= 11 is 6.90. The van der Waals surface area contributed by atoms with Gasteiger partial charge in [-0.2, -0.15) is 0 Å². The minimum absolute atomic E-state index is 0.193. The van der Waals surface area contributed by atoms with Crippen molar-refractivity contribution < 1.29 is 9.90 Å². The molecule has 0 saturated carbocycles. The van der Waals surface area contributed by atoms with E-state index in [1.165, 1.54) is 6.07 Å². The largest absolute Gasteiger partial charge is 0.477 e. The molecule has 2 heterocycles. The van der Waals surface area contributed by atoms with Crippen LogP contribution in [-0.2, 0) is 0 Å². The van der Waals surface area contributed by atoms with Crippen molar-refractivity contribution in [1.82, 2.24) is 9.97 Å². The van der Waals surface area contributed by atoms with Crippen molar-refractivity contribution in [3.05, 3.63) is 50.6 Å². The molecular formula is C13H7ClN2O3S. The maximum absolute atomic E-state index is 12.0. The summed E-state index contributed by atoms with van der Waals surface area (Å²) < 4.78 is 0. The number of nitrogens with one attached hydrogen (secondary N) is 1. The average Bonchev–Trinajstić information content (AvgIpc) is 2.89. The van der Waals surface area contributed by atoms with Crippen LogP contribution in [0.5, 0.6) is 0 Å². The van der Waals surface area contributed by atoms with Gasteiger partial charge in [0.2, 0.25) is 0 Å². The van der Waals surface area contributed by atoms with Gasteiger partial charge in [0.05, 0.1) is 15.8 Å². The number of rotatable bonds is 2. The number of aromatic nitrogens is 2. The number of fused-ring (bicyclic) bond motifs is 1. The van der Waals surface area contributed by atoms with E-state index in [9.17, 15) is 9.59 Å². The molecule has 1 aromatic carbocycles. The van der Waals surface area contributed by atoms with Crippen LogP contribution < -0.4 is 5.56 Å². The highest BCUT2D eigenvalue weighted by molar-refractivity contribution is 7.17. The molecule has 0 radical (unpaired) electrons. The molecule has 3 rings (SSSR count). The topological polar surface area (TPSA) is 83.0 Å². The number of aromatic amines is 1. The number of thiophene rings is 1. The number of benzene rings is 1. The smallest absolute Gasteiger partial charge is 0.345 e. The van der Waals surface area contributed by atoms with Gasteiger partial charge in [-0.25, -0.2) is 9.78 Å². The zero-order valence-corrected chi connectivity index (χ0v) is 11.5. The van der Waals surface area contributed by atoms with Gasteiger partial charge >= 0.3 is 5.97 Å². The summed E-state index contributed by atoms with van der Waals surface area (Å²) in [5, 5.41) is 9.76. The van der Waals surface area contributed by atoms with Crippen LogP contribution in [-0.4, -0.2) is 21.0 Å². The van der Waals surface area contributed by atoms with Gasteiger partial charge in [0.25, 0.3) is 5.56 Å². The van der Waals surface area contributed by atoms with Gasteiger partial charge in [-0.3, -0.25) is 4.79 Å². The number of hydrogen-bond donors (Lipinski definition) is 2. The Balaban J connectivity index is 2.19. The first-order chi connectivity index (χ1) is 9.54. The Morgan fingerprint density at radius 2 is 2.10 bits per heavy atom. The fourth-order valence-electron chi connectivity index (χ4n) is 1.81. The summed E-state index contributed by atoms with van der Waals surface area (Å²) in [5.41, 5.74) is 0.205. The first-order valence-corrected chi connectivity index (χ1v) is 6.77. The van der Waals surface area contributed by atoms with E-state index in [1.54, 1.807) is 24.3 Å². The Hall–Kier alpha value is -2.18. The van der Waals surface area contributed by atoms with Crippen LogP contribution in [0, 0.1) is 0 Å². The highest BCUT2D eigenvalue weighted by atomic mass is 35.5. The van der Waals surface area contributed by atoms with Crippen LogP contribution in [0.1, 0.15) is 9.67 Å². The number of carboxylic acid groups (broad SMARTS) is 1. The third-order valence-corrected chi connectivity index (χ3v) is 4.03. The summed E-state index contributed by atoms with van der Waals surface area (Å²) in [6.07, 6.45) is 0. The monoisotopic (exact) mass is 306 g/mol. The van der Waals surface area contributed by atoms with E-state index in [-0.39, 0.29) is 10.4 Å². The van der Waals surface area contributed by atoms with Crippen LogP contribution in [0.4, 0.5) is 0 Å². The second-order valence-electron chi connectivity index (χ2n) is 4.05. The van der Waals surface area contributed by atoms with Crippen LogP contribution >= 0.6 is 22.9 Å². The molecule has 2 aromatic heterocycles. The molecule has 20 heavy (non-hydrogen) atoms. The van der Waals surface area contributed by atoms with Crippen LogP contribution in [0.15, 0.2) is 35.1 Å². The van der Waals surface area contributed by atoms with E-state index >= 15 is 0 Å². The lowest BCUT2D eigenvalue weighted by Crippen LogP contribution is -2.09. The maximum atomic E-state index is 12.0. The fourth-order valence-corrected chi connectivity index (χ4v) is 2.77. The Bertz CT molecular complexity index is 885. The normalized spacial score (nSPS) is 10.8. The molecule has 0 aliphatic carbocycles. The zero-order valence-electron chi connectivity index (χ0n) is 9.88. The minimum atomic E-state index is -1.00. The molecule has 0 fully saturated rings. The molecule has 7 heteroatoms. The number of aromatic carboxylic acids is 1. The Kier molecular flexibility index (Phi) is 3.04. The van der Waals surface area contributed by atoms with Crippen LogP contribution in [0.2, 0.25) is 5.02 Å². The Morgan fingerprint density at radius 3 is 2.80 bits per heavy atom. The number of carbonyl (C=O) groups is 1. The molecule has 0 amide bonds. The predicted molar refractivity (Wildman–Crippen MR) is 77.6 cm³/mol. The van der Waals surface area contributed by atoms with Gasteiger partial charge in [0.1, 0.15) is 4.88 Å². The van der Waals surface area contributed by atoms with Gasteiger partial charge in [-0.15, -0.1) is 11.3 Å². The van der Waals surface area contributed by atoms with E-state index in [0.717, 1.165) is 11.3 Å². The first-order valence-electron chi connectivity index (χ1n) is 5.58. The standard InChI is InChI=1S/C13H7ClN2O3S/c14-6-1-2-8-7(5-6)12(17)16-11(15-8)9-3-4-10(20-9)13(18)19/h1-5H,(H,18,19)(H,15,16,17). The second-order valence-corrected chi connectivity index (χ2v) is 5.57. The molecule has 0 aliphatic rings. The summed E-state index contributed by atoms with van der Waals surface area (Å²) in [7, 11) is 0. The molecule has 0 unspecified atom stereocenters. The minimum Gasteiger partial charge on any atom is -0.477 e. The lowest BCUT2D eigenvalue weighted by atomic mass is 10.2. The molecule has 0 spiro atoms. The van der Waals surface area contributed by atoms with Crippen molar-refractivity contribution in [3.63, 3.8) is 0 Å². The Morgan fingerprint density at radius 1 is 1.30 bits per heavy atom. The number of nitrogens with zero attached hydrogens (tertiary/aromatic N) is 1. The summed E-state index contributed by atoms with van der Waals surface area (Å²) in [4.78, 5) is 30.6. The number of carboxylic acids is 1. The van der Waals surface area contributed by atoms with Crippen molar-refractivity contribution in [1.29, 1.82) is 0 Å². The van der Waals surface area contributed by atoms with Crippen molar-refractivity contribution in [2.45, 2.75) is 0 Å².